The van der Waals surface area contributed by atoms with Crippen LogP contribution in [0.15, 0.2) is 65.1 Å². The van der Waals surface area contributed by atoms with Crippen molar-refractivity contribution < 1.29 is 29.0 Å². The summed E-state index contributed by atoms with van der Waals surface area (Å²) in [5.41, 5.74) is 0.0879. The Morgan fingerprint density at radius 2 is 1.46 bits per heavy atom. The van der Waals surface area contributed by atoms with E-state index >= 15 is 0 Å². The molecular formula is C20H12O6. The lowest BCUT2D eigenvalue weighted by Crippen LogP contribution is -1.97. The summed E-state index contributed by atoms with van der Waals surface area (Å²) >= 11 is 0. The second-order valence-electron chi connectivity index (χ2n) is 5.63. The van der Waals surface area contributed by atoms with E-state index in [4.69, 9.17) is 9.15 Å². The monoisotopic (exact) mass is 348 g/mol. The first kappa shape index (κ1) is 15.7. The van der Waals surface area contributed by atoms with Gasteiger partial charge in [-0.1, -0.05) is 30.3 Å². The molecule has 0 aliphatic heterocycles. The zero-order chi connectivity index (χ0) is 18.3. The number of carboxylic acids is 2. The second-order valence-corrected chi connectivity index (χ2v) is 5.63. The van der Waals surface area contributed by atoms with Gasteiger partial charge in [0.15, 0.2) is 5.58 Å². The van der Waals surface area contributed by atoms with E-state index in [1.165, 1.54) is 12.1 Å². The predicted octanol–water partition coefficient (Wildman–Crippen LogP) is 4.77. The van der Waals surface area contributed by atoms with Gasteiger partial charge in [0.2, 0.25) is 0 Å². The molecule has 0 bridgehead atoms. The number of para-hydroxylation sites is 2. The third kappa shape index (κ3) is 2.44. The van der Waals surface area contributed by atoms with Crippen molar-refractivity contribution >= 4 is 33.9 Å². The molecule has 0 aliphatic carbocycles. The maximum atomic E-state index is 11.6. The first-order valence-corrected chi connectivity index (χ1v) is 7.74. The molecule has 1 aromatic heterocycles. The van der Waals surface area contributed by atoms with Crippen LogP contribution < -0.4 is 4.74 Å². The van der Waals surface area contributed by atoms with Gasteiger partial charge in [-0.05, 0) is 30.3 Å². The maximum Gasteiger partial charge on any atom is 0.339 e. The molecule has 0 aliphatic rings. The highest BCUT2D eigenvalue weighted by Gasteiger charge is 2.22. The summed E-state index contributed by atoms with van der Waals surface area (Å²) in [5, 5.41) is 19.7. The minimum atomic E-state index is -1.17. The molecule has 0 atom stereocenters. The molecule has 4 aromatic rings. The van der Waals surface area contributed by atoms with Gasteiger partial charge in [-0.2, -0.15) is 0 Å². The number of aromatic carboxylic acids is 2. The molecular weight excluding hydrogens is 336 g/mol. The highest BCUT2D eigenvalue weighted by atomic mass is 16.5. The Morgan fingerprint density at radius 3 is 2.15 bits per heavy atom. The number of furan rings is 1. The van der Waals surface area contributed by atoms with E-state index in [-0.39, 0.29) is 22.3 Å². The Morgan fingerprint density at radius 1 is 0.769 bits per heavy atom. The Kier molecular flexibility index (Phi) is 3.58. The highest BCUT2D eigenvalue weighted by molar-refractivity contribution is 6.17. The summed E-state index contributed by atoms with van der Waals surface area (Å²) in [7, 11) is 0. The van der Waals surface area contributed by atoms with Gasteiger partial charge >= 0.3 is 11.9 Å². The van der Waals surface area contributed by atoms with Gasteiger partial charge in [0, 0.05) is 5.39 Å². The van der Waals surface area contributed by atoms with Gasteiger partial charge in [0.05, 0.1) is 5.39 Å². The number of hydrogen-bond acceptors (Lipinski definition) is 4. The van der Waals surface area contributed by atoms with Crippen molar-refractivity contribution in [2.24, 2.45) is 0 Å². The van der Waals surface area contributed by atoms with Gasteiger partial charge in [0.25, 0.3) is 0 Å². The largest absolute Gasteiger partial charge is 0.478 e. The number of carbonyl (C=O) groups is 2. The van der Waals surface area contributed by atoms with Gasteiger partial charge in [-0.15, -0.1) is 0 Å². The van der Waals surface area contributed by atoms with Crippen LogP contribution in [0.25, 0.3) is 21.9 Å². The van der Waals surface area contributed by atoms with Crippen LogP contribution in [-0.4, -0.2) is 22.2 Å². The zero-order valence-corrected chi connectivity index (χ0v) is 13.3. The van der Waals surface area contributed by atoms with Crippen LogP contribution in [0, 0.1) is 0 Å². The predicted molar refractivity (Wildman–Crippen MR) is 94.2 cm³/mol. The Bertz CT molecular complexity index is 1160. The lowest BCUT2D eigenvalue weighted by atomic mass is 10.1. The molecule has 1 heterocycles. The molecule has 0 amide bonds. The number of hydrogen-bond donors (Lipinski definition) is 2. The third-order valence-electron chi connectivity index (χ3n) is 4.04. The average Bonchev–Trinajstić information content (AvgIpc) is 3.02. The highest BCUT2D eigenvalue weighted by Crippen LogP contribution is 2.40. The smallest absolute Gasteiger partial charge is 0.339 e. The Hall–Kier alpha value is -3.80. The molecule has 0 unspecified atom stereocenters. The third-order valence-corrected chi connectivity index (χ3v) is 4.04. The SMILES string of the molecule is O=C(O)c1cccc2c1oc1c(C(=O)O)ccc(Oc3ccccc3)c12. The van der Waals surface area contributed by atoms with E-state index < -0.39 is 11.9 Å². The van der Waals surface area contributed by atoms with Crippen LogP contribution in [0.3, 0.4) is 0 Å². The van der Waals surface area contributed by atoms with Gasteiger partial charge < -0.3 is 19.4 Å². The average molecular weight is 348 g/mol. The standard InChI is InChI=1S/C20H12O6/c21-19(22)13-8-4-7-12-16-15(25-11-5-2-1-3-6-11)10-9-14(20(23)24)18(16)26-17(12)13/h1-10H,(H,21,22)(H,23,24). The molecule has 26 heavy (non-hydrogen) atoms. The fourth-order valence-corrected chi connectivity index (χ4v) is 2.91. The molecule has 6 heteroatoms. The minimum absolute atomic E-state index is 0.0410. The minimum Gasteiger partial charge on any atom is -0.478 e. The first-order chi connectivity index (χ1) is 12.6. The molecule has 0 saturated carbocycles. The topological polar surface area (TPSA) is 97.0 Å². The molecule has 2 N–H and O–H groups in total. The molecule has 4 rings (SSSR count). The summed E-state index contributed by atoms with van der Waals surface area (Å²) in [4.78, 5) is 23.0. The van der Waals surface area contributed by atoms with E-state index in [2.05, 4.69) is 0 Å². The molecule has 3 aromatic carbocycles. The number of fused-ring (bicyclic) bond motifs is 3. The van der Waals surface area contributed by atoms with Crippen molar-refractivity contribution in [3.05, 3.63) is 71.8 Å². The van der Waals surface area contributed by atoms with Gasteiger partial charge in [-0.3, -0.25) is 0 Å². The Balaban J connectivity index is 2.06. The zero-order valence-electron chi connectivity index (χ0n) is 13.3. The molecule has 0 radical (unpaired) electrons. The van der Waals surface area contributed by atoms with Crippen molar-refractivity contribution in [1.29, 1.82) is 0 Å². The fraction of sp³-hybridized carbons (Fsp3) is 0. The van der Waals surface area contributed by atoms with E-state index in [0.717, 1.165) is 0 Å². The maximum absolute atomic E-state index is 11.6. The van der Waals surface area contributed by atoms with Gasteiger partial charge in [-0.25, -0.2) is 9.59 Å². The van der Waals surface area contributed by atoms with E-state index in [1.54, 1.807) is 30.3 Å². The molecule has 6 nitrogen and oxygen atoms in total. The summed E-state index contributed by atoms with van der Waals surface area (Å²) < 4.78 is 11.6. The van der Waals surface area contributed by atoms with Crippen LogP contribution in [0.2, 0.25) is 0 Å². The van der Waals surface area contributed by atoms with Crippen molar-refractivity contribution in [1.82, 2.24) is 0 Å². The number of rotatable bonds is 4. The van der Waals surface area contributed by atoms with Crippen molar-refractivity contribution in [2.45, 2.75) is 0 Å². The van der Waals surface area contributed by atoms with Crippen molar-refractivity contribution in [3.63, 3.8) is 0 Å². The van der Waals surface area contributed by atoms with Crippen LogP contribution in [0.4, 0.5) is 0 Å². The fourth-order valence-electron chi connectivity index (χ4n) is 2.91. The number of carboxylic acid groups (broad SMARTS) is 2. The Labute approximate surface area is 146 Å². The lowest BCUT2D eigenvalue weighted by Gasteiger charge is -2.08. The molecule has 128 valence electrons. The van der Waals surface area contributed by atoms with E-state index in [9.17, 15) is 19.8 Å². The molecule has 0 saturated heterocycles. The number of ether oxygens (including phenoxy) is 1. The summed E-state index contributed by atoms with van der Waals surface area (Å²) in [5.74, 6) is -1.37. The lowest BCUT2D eigenvalue weighted by molar-refractivity contribution is 0.0688. The van der Waals surface area contributed by atoms with Crippen molar-refractivity contribution in [2.75, 3.05) is 0 Å². The van der Waals surface area contributed by atoms with Crippen LogP contribution in [-0.2, 0) is 0 Å². The normalized spacial score (nSPS) is 10.9. The van der Waals surface area contributed by atoms with E-state index in [1.807, 2.05) is 18.2 Å². The molecule has 0 spiro atoms. The quantitative estimate of drug-likeness (QED) is 0.551. The summed E-state index contributed by atoms with van der Waals surface area (Å²) in [6.07, 6.45) is 0. The molecule has 0 fully saturated rings. The van der Waals surface area contributed by atoms with Crippen LogP contribution in [0.5, 0.6) is 11.5 Å². The van der Waals surface area contributed by atoms with Gasteiger partial charge in [0.1, 0.15) is 28.2 Å². The van der Waals surface area contributed by atoms with E-state index in [0.29, 0.717) is 22.3 Å². The summed E-state index contributed by atoms with van der Waals surface area (Å²) in [6.45, 7) is 0. The van der Waals surface area contributed by atoms with Crippen LogP contribution in [0.1, 0.15) is 20.7 Å². The first-order valence-electron chi connectivity index (χ1n) is 7.74. The van der Waals surface area contributed by atoms with Crippen molar-refractivity contribution in [3.8, 4) is 11.5 Å². The summed E-state index contributed by atoms with van der Waals surface area (Å²) in [6, 6.07) is 16.6. The second kappa shape index (κ2) is 5.93. The number of benzene rings is 3. The van der Waals surface area contributed by atoms with Crippen LogP contribution >= 0.6 is 0 Å².